The molecule has 2 unspecified atom stereocenters. The molecule has 1 amide bonds. The fraction of sp³-hybridized carbons (Fsp3) is 0.889. The van der Waals surface area contributed by atoms with E-state index in [9.17, 15) is 9.90 Å². The van der Waals surface area contributed by atoms with Crippen molar-refractivity contribution in [1.29, 1.82) is 0 Å². The summed E-state index contributed by atoms with van der Waals surface area (Å²) < 4.78 is 4.76. The third-order valence-electron chi connectivity index (χ3n) is 2.53. The summed E-state index contributed by atoms with van der Waals surface area (Å²) >= 11 is 0. The Balaban J connectivity index is 2.36. The number of hydrogen-bond acceptors (Lipinski definition) is 3. The van der Waals surface area contributed by atoms with Gasteiger partial charge in [-0.25, -0.2) is 0 Å². The van der Waals surface area contributed by atoms with Gasteiger partial charge in [-0.15, -0.1) is 0 Å². The molecule has 1 N–H and O–H groups in total. The van der Waals surface area contributed by atoms with Gasteiger partial charge in [-0.1, -0.05) is 0 Å². The highest BCUT2D eigenvalue weighted by atomic mass is 16.5. The molecule has 0 saturated carbocycles. The molecule has 1 aliphatic rings. The molecule has 0 aliphatic carbocycles. The molecule has 1 rings (SSSR count). The van der Waals surface area contributed by atoms with Crippen LogP contribution in [0.1, 0.15) is 13.3 Å². The van der Waals surface area contributed by atoms with Crippen molar-refractivity contribution in [3.05, 3.63) is 0 Å². The number of carbonyl (C=O) groups is 1. The van der Waals surface area contributed by atoms with E-state index in [1.165, 1.54) is 7.11 Å². The summed E-state index contributed by atoms with van der Waals surface area (Å²) in [5.74, 6) is 0.256. The van der Waals surface area contributed by atoms with Crippen LogP contribution in [-0.4, -0.2) is 48.8 Å². The van der Waals surface area contributed by atoms with Gasteiger partial charge in [-0.05, 0) is 13.3 Å². The second-order valence-corrected chi connectivity index (χ2v) is 3.56. The summed E-state index contributed by atoms with van der Waals surface area (Å²) in [4.78, 5) is 13.1. The number of rotatable bonds is 3. The van der Waals surface area contributed by atoms with E-state index in [1.807, 2.05) is 0 Å². The van der Waals surface area contributed by atoms with E-state index < -0.39 is 0 Å². The van der Waals surface area contributed by atoms with E-state index in [2.05, 4.69) is 0 Å². The predicted molar refractivity (Wildman–Crippen MR) is 48.2 cm³/mol. The zero-order chi connectivity index (χ0) is 9.84. The first-order chi connectivity index (χ1) is 6.15. The Bertz CT molecular complexity index is 182. The molecule has 4 nitrogen and oxygen atoms in total. The SMILES string of the molecule is COCC(=O)N1CCC(C(C)O)C1. The summed E-state index contributed by atoms with van der Waals surface area (Å²) in [6, 6.07) is 0. The largest absolute Gasteiger partial charge is 0.393 e. The van der Waals surface area contributed by atoms with Crippen molar-refractivity contribution in [2.45, 2.75) is 19.4 Å². The molecule has 76 valence electrons. The van der Waals surface area contributed by atoms with Gasteiger partial charge < -0.3 is 14.7 Å². The summed E-state index contributed by atoms with van der Waals surface area (Å²) in [7, 11) is 1.51. The molecule has 0 bridgehead atoms. The molecule has 1 saturated heterocycles. The fourth-order valence-electron chi connectivity index (χ4n) is 1.62. The smallest absolute Gasteiger partial charge is 0.248 e. The quantitative estimate of drug-likeness (QED) is 0.669. The van der Waals surface area contributed by atoms with Gasteiger partial charge in [0.1, 0.15) is 6.61 Å². The Labute approximate surface area is 78.5 Å². The summed E-state index contributed by atoms with van der Waals surface area (Å²) in [6.07, 6.45) is 0.577. The summed E-state index contributed by atoms with van der Waals surface area (Å²) in [5, 5.41) is 9.31. The Hall–Kier alpha value is -0.610. The maximum atomic E-state index is 11.3. The van der Waals surface area contributed by atoms with Crippen molar-refractivity contribution in [3.63, 3.8) is 0 Å². The van der Waals surface area contributed by atoms with Crippen LogP contribution in [0, 0.1) is 5.92 Å². The molecule has 2 atom stereocenters. The van der Waals surface area contributed by atoms with Crippen molar-refractivity contribution in [1.82, 2.24) is 4.90 Å². The Morgan fingerprint density at radius 3 is 2.92 bits per heavy atom. The highest BCUT2D eigenvalue weighted by molar-refractivity contribution is 5.77. The van der Waals surface area contributed by atoms with E-state index in [0.29, 0.717) is 6.54 Å². The van der Waals surface area contributed by atoms with Gasteiger partial charge >= 0.3 is 0 Å². The van der Waals surface area contributed by atoms with E-state index >= 15 is 0 Å². The van der Waals surface area contributed by atoms with Gasteiger partial charge in [0, 0.05) is 26.1 Å². The minimum atomic E-state index is -0.319. The van der Waals surface area contributed by atoms with Gasteiger partial charge in [0.25, 0.3) is 0 Å². The normalized spacial score (nSPS) is 24.8. The maximum Gasteiger partial charge on any atom is 0.248 e. The minimum absolute atomic E-state index is 0.0191. The predicted octanol–water partition coefficient (Wildman–Crippen LogP) is -0.138. The summed E-state index contributed by atoms with van der Waals surface area (Å²) in [6.45, 7) is 3.33. The number of carbonyl (C=O) groups excluding carboxylic acids is 1. The summed E-state index contributed by atoms with van der Waals surface area (Å²) in [5.41, 5.74) is 0. The van der Waals surface area contributed by atoms with Gasteiger partial charge in [-0.3, -0.25) is 4.79 Å². The molecular weight excluding hydrogens is 170 g/mol. The van der Waals surface area contributed by atoms with E-state index in [4.69, 9.17) is 4.74 Å². The van der Waals surface area contributed by atoms with Crippen molar-refractivity contribution in [2.75, 3.05) is 26.8 Å². The van der Waals surface area contributed by atoms with Crippen molar-refractivity contribution in [3.8, 4) is 0 Å². The number of amides is 1. The van der Waals surface area contributed by atoms with Crippen molar-refractivity contribution >= 4 is 5.91 Å². The van der Waals surface area contributed by atoms with Crippen LogP contribution in [0.25, 0.3) is 0 Å². The van der Waals surface area contributed by atoms with Gasteiger partial charge in [0.15, 0.2) is 0 Å². The number of hydrogen-bond donors (Lipinski definition) is 1. The standard InChI is InChI=1S/C9H17NO3/c1-7(11)8-3-4-10(5-8)9(12)6-13-2/h7-8,11H,3-6H2,1-2H3. The number of aliphatic hydroxyl groups excluding tert-OH is 1. The minimum Gasteiger partial charge on any atom is -0.393 e. The van der Waals surface area contributed by atoms with Gasteiger partial charge in [0.2, 0.25) is 5.91 Å². The number of likely N-dealkylation sites (tertiary alicyclic amines) is 1. The third kappa shape index (κ3) is 2.67. The second kappa shape index (κ2) is 4.58. The van der Waals surface area contributed by atoms with Crippen LogP contribution in [0.15, 0.2) is 0 Å². The molecule has 4 heteroatoms. The molecule has 0 aromatic carbocycles. The molecule has 1 aliphatic heterocycles. The average molecular weight is 187 g/mol. The molecule has 0 spiro atoms. The Kier molecular flexibility index (Phi) is 3.69. The van der Waals surface area contributed by atoms with Crippen molar-refractivity contribution in [2.24, 2.45) is 5.92 Å². The fourth-order valence-corrected chi connectivity index (χ4v) is 1.62. The zero-order valence-electron chi connectivity index (χ0n) is 8.19. The lowest BCUT2D eigenvalue weighted by atomic mass is 10.0. The van der Waals surface area contributed by atoms with Crippen LogP contribution in [0.3, 0.4) is 0 Å². The molecule has 0 aromatic heterocycles. The molecule has 1 fully saturated rings. The second-order valence-electron chi connectivity index (χ2n) is 3.56. The van der Waals surface area contributed by atoms with Crippen LogP contribution in [-0.2, 0) is 9.53 Å². The van der Waals surface area contributed by atoms with E-state index in [-0.39, 0.29) is 24.5 Å². The number of nitrogens with zero attached hydrogens (tertiary/aromatic N) is 1. The van der Waals surface area contributed by atoms with Gasteiger partial charge in [0.05, 0.1) is 6.10 Å². The first-order valence-electron chi connectivity index (χ1n) is 4.60. The lowest BCUT2D eigenvalue weighted by Crippen LogP contribution is -2.32. The Morgan fingerprint density at radius 1 is 1.77 bits per heavy atom. The molecule has 13 heavy (non-hydrogen) atoms. The average Bonchev–Trinajstić information content (AvgIpc) is 2.52. The number of ether oxygens (including phenoxy) is 1. The Morgan fingerprint density at radius 2 is 2.46 bits per heavy atom. The van der Waals surface area contributed by atoms with Crippen LogP contribution < -0.4 is 0 Å². The zero-order valence-corrected chi connectivity index (χ0v) is 8.19. The monoisotopic (exact) mass is 187 g/mol. The highest BCUT2D eigenvalue weighted by Gasteiger charge is 2.28. The topological polar surface area (TPSA) is 49.8 Å². The lowest BCUT2D eigenvalue weighted by molar-refractivity contribution is -0.134. The first-order valence-corrected chi connectivity index (χ1v) is 4.60. The van der Waals surface area contributed by atoms with Crippen molar-refractivity contribution < 1.29 is 14.6 Å². The lowest BCUT2D eigenvalue weighted by Gasteiger charge is -2.17. The van der Waals surface area contributed by atoms with Crippen LogP contribution in [0.5, 0.6) is 0 Å². The molecule has 0 aromatic rings. The highest BCUT2D eigenvalue weighted by Crippen LogP contribution is 2.19. The molecular formula is C9H17NO3. The number of aliphatic hydroxyl groups is 1. The molecule has 0 radical (unpaired) electrons. The van der Waals surface area contributed by atoms with Crippen LogP contribution in [0.4, 0.5) is 0 Å². The van der Waals surface area contributed by atoms with E-state index in [1.54, 1.807) is 11.8 Å². The number of methoxy groups -OCH3 is 1. The first kappa shape index (κ1) is 10.5. The van der Waals surface area contributed by atoms with E-state index in [0.717, 1.165) is 13.0 Å². The van der Waals surface area contributed by atoms with Crippen LogP contribution in [0.2, 0.25) is 0 Å². The third-order valence-corrected chi connectivity index (χ3v) is 2.53. The molecule has 1 heterocycles. The van der Waals surface area contributed by atoms with Crippen LogP contribution >= 0.6 is 0 Å². The maximum absolute atomic E-state index is 11.3. The van der Waals surface area contributed by atoms with Gasteiger partial charge in [-0.2, -0.15) is 0 Å².